The number of hydrogen-bond acceptors (Lipinski definition) is 9. The van der Waals surface area contributed by atoms with Crippen molar-refractivity contribution in [3.8, 4) is 11.6 Å². The molecule has 200 valence electrons. The molecule has 2 N–H and O–H groups in total. The van der Waals surface area contributed by atoms with Crippen molar-refractivity contribution in [2.24, 2.45) is 0 Å². The van der Waals surface area contributed by atoms with Gasteiger partial charge in [-0.15, -0.1) is 0 Å². The quantitative estimate of drug-likeness (QED) is 0.413. The van der Waals surface area contributed by atoms with Crippen molar-refractivity contribution < 1.29 is 14.3 Å². The highest BCUT2D eigenvalue weighted by Gasteiger charge is 2.20. The molecule has 0 radical (unpaired) electrons. The monoisotopic (exact) mass is 518 g/mol. The fourth-order valence-corrected chi connectivity index (χ4v) is 4.57. The second-order valence-corrected chi connectivity index (χ2v) is 9.46. The smallest absolute Gasteiger partial charge is 0.247 e. The van der Waals surface area contributed by atoms with Crippen molar-refractivity contribution in [1.29, 1.82) is 0 Å². The van der Waals surface area contributed by atoms with Crippen LogP contribution in [0.15, 0.2) is 43.4 Å². The van der Waals surface area contributed by atoms with Gasteiger partial charge in [0, 0.05) is 55.8 Å². The summed E-state index contributed by atoms with van der Waals surface area (Å²) in [6.45, 7) is 11.5. The van der Waals surface area contributed by atoms with Gasteiger partial charge in [0.15, 0.2) is 5.82 Å². The lowest BCUT2D eigenvalue weighted by Crippen LogP contribution is -2.36. The number of benzene rings is 1. The normalized spacial score (nSPS) is 15.9. The molecule has 0 bridgehead atoms. The molecule has 3 aromatic rings. The summed E-state index contributed by atoms with van der Waals surface area (Å²) in [4.78, 5) is 26.1. The number of rotatable bonds is 9. The maximum atomic E-state index is 12.3. The molecule has 0 saturated carbocycles. The molecule has 0 aliphatic carbocycles. The molecule has 0 atom stereocenters. The van der Waals surface area contributed by atoms with Crippen molar-refractivity contribution in [3.63, 3.8) is 0 Å². The standard InChI is InChI=1S/C27H34N8O3/c1-4-25(36)30-21-13-22(24(37-3)14-23(21)34-9-6-11-38-12-10-34)31-27-28-15-19(2)26(32-27)35-18-20(16-29-35)17-33-7-5-8-33/h4,13-16,18H,1,5-12,17H2,2-3H3,(H,30,36)(H,28,31,32). The lowest BCUT2D eigenvalue weighted by Gasteiger charge is -2.29. The number of aryl methyl sites for hydroxylation is 1. The number of ether oxygens (including phenoxy) is 2. The van der Waals surface area contributed by atoms with Crippen LogP contribution in [-0.4, -0.2) is 77.1 Å². The summed E-state index contributed by atoms with van der Waals surface area (Å²) >= 11 is 0. The Morgan fingerprint density at radius 1 is 1.16 bits per heavy atom. The molecule has 5 rings (SSSR count). The maximum absolute atomic E-state index is 12.3. The van der Waals surface area contributed by atoms with Gasteiger partial charge in [0.1, 0.15) is 5.75 Å². The third kappa shape index (κ3) is 5.79. The number of anilines is 4. The Labute approximate surface area is 222 Å². The van der Waals surface area contributed by atoms with Gasteiger partial charge >= 0.3 is 0 Å². The lowest BCUT2D eigenvalue weighted by atomic mass is 10.1. The number of carbonyl (C=O) groups is 1. The van der Waals surface area contributed by atoms with Crippen molar-refractivity contribution in [2.75, 3.05) is 62.0 Å². The van der Waals surface area contributed by atoms with Crippen LogP contribution in [0, 0.1) is 6.92 Å². The van der Waals surface area contributed by atoms with Crippen LogP contribution in [0.1, 0.15) is 24.0 Å². The molecule has 2 saturated heterocycles. The third-order valence-electron chi connectivity index (χ3n) is 6.72. The molecule has 0 spiro atoms. The van der Waals surface area contributed by atoms with Gasteiger partial charge in [0.25, 0.3) is 0 Å². The molecule has 38 heavy (non-hydrogen) atoms. The Kier molecular flexibility index (Phi) is 7.85. The zero-order chi connectivity index (χ0) is 26.5. The number of nitrogens with zero attached hydrogens (tertiary/aromatic N) is 6. The number of methoxy groups -OCH3 is 1. The van der Waals surface area contributed by atoms with Gasteiger partial charge < -0.3 is 25.0 Å². The van der Waals surface area contributed by atoms with E-state index in [0.29, 0.717) is 48.6 Å². The van der Waals surface area contributed by atoms with Crippen LogP contribution >= 0.6 is 0 Å². The van der Waals surface area contributed by atoms with Crippen LogP contribution in [0.3, 0.4) is 0 Å². The van der Waals surface area contributed by atoms with Crippen molar-refractivity contribution in [2.45, 2.75) is 26.3 Å². The van der Waals surface area contributed by atoms with Gasteiger partial charge in [-0.25, -0.2) is 9.67 Å². The van der Waals surface area contributed by atoms with E-state index < -0.39 is 0 Å². The van der Waals surface area contributed by atoms with Crippen LogP contribution in [-0.2, 0) is 16.1 Å². The molecule has 1 aromatic carbocycles. The highest BCUT2D eigenvalue weighted by molar-refractivity contribution is 6.02. The van der Waals surface area contributed by atoms with Gasteiger partial charge in [-0.3, -0.25) is 9.69 Å². The highest BCUT2D eigenvalue weighted by atomic mass is 16.5. The van der Waals surface area contributed by atoms with Crippen LogP contribution in [0.4, 0.5) is 23.0 Å². The van der Waals surface area contributed by atoms with Crippen LogP contribution in [0.2, 0.25) is 0 Å². The molecule has 11 nitrogen and oxygen atoms in total. The Morgan fingerprint density at radius 2 is 2.03 bits per heavy atom. The van der Waals surface area contributed by atoms with Crippen molar-refractivity contribution in [3.05, 3.63) is 54.5 Å². The van der Waals surface area contributed by atoms with E-state index in [9.17, 15) is 4.79 Å². The first-order valence-electron chi connectivity index (χ1n) is 12.9. The average molecular weight is 519 g/mol. The first-order valence-corrected chi connectivity index (χ1v) is 12.9. The van der Waals surface area contributed by atoms with E-state index in [1.165, 1.54) is 12.5 Å². The molecule has 2 aliphatic rings. The minimum atomic E-state index is -0.296. The molecule has 2 aromatic heterocycles. The topological polar surface area (TPSA) is 110 Å². The highest BCUT2D eigenvalue weighted by Crippen LogP contribution is 2.38. The SMILES string of the molecule is C=CC(=O)Nc1cc(Nc2ncc(C)c(-n3cc(CN4CCC4)cn3)n2)c(OC)cc1N1CCCOCC1. The van der Waals surface area contributed by atoms with Crippen LogP contribution < -0.4 is 20.3 Å². The lowest BCUT2D eigenvalue weighted by molar-refractivity contribution is -0.111. The molecule has 1 amide bonds. The second-order valence-electron chi connectivity index (χ2n) is 9.46. The summed E-state index contributed by atoms with van der Waals surface area (Å²) < 4.78 is 13.1. The summed E-state index contributed by atoms with van der Waals surface area (Å²) in [5, 5.41) is 10.8. The van der Waals surface area contributed by atoms with Crippen LogP contribution in [0.25, 0.3) is 5.82 Å². The maximum Gasteiger partial charge on any atom is 0.247 e. The predicted molar refractivity (Wildman–Crippen MR) is 147 cm³/mol. The van der Waals surface area contributed by atoms with Gasteiger partial charge in [-0.05, 0) is 45.0 Å². The Morgan fingerprint density at radius 3 is 2.79 bits per heavy atom. The third-order valence-corrected chi connectivity index (χ3v) is 6.72. The van der Waals surface area contributed by atoms with Crippen molar-refractivity contribution >= 4 is 28.9 Å². The van der Waals surface area contributed by atoms with Gasteiger partial charge in [-0.1, -0.05) is 6.58 Å². The minimum absolute atomic E-state index is 0.296. The summed E-state index contributed by atoms with van der Waals surface area (Å²) in [5.74, 6) is 1.39. The molecule has 2 fully saturated rings. The molecule has 4 heterocycles. The zero-order valence-electron chi connectivity index (χ0n) is 21.9. The first kappa shape index (κ1) is 25.7. The molecular weight excluding hydrogens is 484 g/mol. The average Bonchev–Trinajstić information content (AvgIpc) is 3.20. The number of likely N-dealkylation sites (tertiary alicyclic amines) is 1. The number of aromatic nitrogens is 4. The first-order chi connectivity index (χ1) is 18.5. The number of amides is 1. The number of carbonyl (C=O) groups excluding carboxylic acids is 1. The summed E-state index contributed by atoms with van der Waals surface area (Å²) in [7, 11) is 1.61. The van der Waals surface area contributed by atoms with E-state index in [1.54, 1.807) is 18.0 Å². The number of hydrogen-bond donors (Lipinski definition) is 2. The molecule has 0 unspecified atom stereocenters. The minimum Gasteiger partial charge on any atom is -0.494 e. The van der Waals surface area contributed by atoms with Gasteiger partial charge in [0.2, 0.25) is 11.9 Å². The van der Waals surface area contributed by atoms with E-state index in [2.05, 4.69) is 37.1 Å². The summed E-state index contributed by atoms with van der Waals surface area (Å²) in [6, 6.07) is 3.75. The Balaban J connectivity index is 1.44. The number of nitrogens with one attached hydrogen (secondary N) is 2. The fourth-order valence-electron chi connectivity index (χ4n) is 4.57. The molecule has 11 heteroatoms. The van der Waals surface area contributed by atoms with Gasteiger partial charge in [-0.2, -0.15) is 10.1 Å². The Bertz CT molecular complexity index is 1300. The van der Waals surface area contributed by atoms with E-state index in [0.717, 1.165) is 49.4 Å². The zero-order valence-corrected chi connectivity index (χ0v) is 21.9. The largest absolute Gasteiger partial charge is 0.494 e. The summed E-state index contributed by atoms with van der Waals surface area (Å²) in [5.41, 5.74) is 4.16. The van der Waals surface area contributed by atoms with E-state index in [1.807, 2.05) is 31.5 Å². The van der Waals surface area contributed by atoms with Gasteiger partial charge in [0.05, 0.1) is 37.0 Å². The van der Waals surface area contributed by atoms with E-state index in [4.69, 9.17) is 14.5 Å². The molecule has 2 aliphatic heterocycles. The van der Waals surface area contributed by atoms with Crippen LogP contribution in [0.5, 0.6) is 5.75 Å². The Hall–Kier alpha value is -3.96. The predicted octanol–water partition coefficient (Wildman–Crippen LogP) is 3.28. The van der Waals surface area contributed by atoms with Crippen molar-refractivity contribution in [1.82, 2.24) is 24.6 Å². The molecular formula is C27H34N8O3. The fraction of sp³-hybridized carbons (Fsp3) is 0.407. The second kappa shape index (κ2) is 11.6. The van der Waals surface area contributed by atoms with E-state index in [-0.39, 0.29) is 5.91 Å². The van der Waals surface area contributed by atoms with E-state index >= 15 is 0 Å². The summed E-state index contributed by atoms with van der Waals surface area (Å²) in [6.07, 6.45) is 9.06.